The maximum Gasteiger partial charge on any atom is 0.233 e. The highest BCUT2D eigenvalue weighted by Gasteiger charge is 2.61. The normalized spacial score (nSPS) is 32.7. The molecule has 0 amide bonds. The first-order valence-electron chi connectivity index (χ1n) is 6.45. The van der Waals surface area contributed by atoms with Gasteiger partial charge in [0, 0.05) is 6.07 Å². The van der Waals surface area contributed by atoms with E-state index < -0.39 is 0 Å². The van der Waals surface area contributed by atoms with Crippen LogP contribution in [-0.2, 0) is 4.74 Å². The van der Waals surface area contributed by atoms with Crippen molar-refractivity contribution in [2.75, 3.05) is 0 Å². The van der Waals surface area contributed by atoms with Gasteiger partial charge in [0.05, 0.1) is 4.47 Å². The Balaban J connectivity index is 1.71. The molecule has 1 saturated heterocycles. The highest BCUT2D eigenvalue weighted by atomic mass is 79.9. The molecular weight excluding hydrogens is 306 g/mol. The van der Waals surface area contributed by atoms with E-state index in [1.807, 2.05) is 12.3 Å². The van der Waals surface area contributed by atoms with Gasteiger partial charge in [0.25, 0.3) is 0 Å². The minimum atomic E-state index is 0.0684. The Hall–Kier alpha value is -1.39. The first kappa shape index (κ1) is 10.4. The lowest BCUT2D eigenvalue weighted by Crippen LogP contribution is -2.27. The molecule has 5 rings (SSSR count). The third kappa shape index (κ3) is 1.15. The van der Waals surface area contributed by atoms with Gasteiger partial charge in [-0.15, -0.1) is 0 Å². The molecular formula is C15H11BrNO2+. The summed E-state index contributed by atoms with van der Waals surface area (Å²) in [4.78, 5) is 3.34. The predicted molar refractivity (Wildman–Crippen MR) is 70.9 cm³/mol. The molecule has 2 aromatic rings. The number of rotatable bonds is 0. The minimum Gasteiger partial charge on any atom is -0.479 e. The number of fused-ring (bicyclic) bond motifs is 10. The molecule has 3 aliphatic rings. The average Bonchev–Trinajstić information content (AvgIpc) is 3.07. The van der Waals surface area contributed by atoms with E-state index in [0.717, 1.165) is 15.9 Å². The summed E-state index contributed by atoms with van der Waals surface area (Å²) in [6.45, 7) is 0. The van der Waals surface area contributed by atoms with E-state index in [-0.39, 0.29) is 24.2 Å². The van der Waals surface area contributed by atoms with Gasteiger partial charge < -0.3 is 9.47 Å². The van der Waals surface area contributed by atoms with Gasteiger partial charge in [0.2, 0.25) is 11.4 Å². The van der Waals surface area contributed by atoms with Gasteiger partial charge in [-0.2, -0.15) is 0 Å². The summed E-state index contributed by atoms with van der Waals surface area (Å²) in [5.41, 5.74) is 3.76. The Bertz CT molecular complexity index is 702. The van der Waals surface area contributed by atoms with Crippen LogP contribution in [0.15, 0.2) is 41.0 Å². The molecule has 94 valence electrons. The van der Waals surface area contributed by atoms with Crippen LogP contribution in [0.2, 0.25) is 0 Å². The Morgan fingerprint density at radius 2 is 1.84 bits per heavy atom. The molecule has 4 heterocycles. The molecule has 1 N–H and O–H groups in total. The number of hydrogen-bond acceptors (Lipinski definition) is 2. The van der Waals surface area contributed by atoms with Crippen molar-refractivity contribution in [3.63, 3.8) is 0 Å². The van der Waals surface area contributed by atoms with Crippen LogP contribution < -0.4 is 9.72 Å². The van der Waals surface area contributed by atoms with Gasteiger partial charge in [-0.05, 0) is 27.1 Å². The highest BCUT2D eigenvalue weighted by molar-refractivity contribution is 9.10. The van der Waals surface area contributed by atoms with Crippen molar-refractivity contribution in [2.45, 2.75) is 24.2 Å². The van der Waals surface area contributed by atoms with E-state index in [1.165, 1.54) is 11.1 Å². The first-order chi connectivity index (χ1) is 9.34. The number of aromatic nitrogens is 1. The van der Waals surface area contributed by atoms with E-state index >= 15 is 0 Å². The Kier molecular flexibility index (Phi) is 1.85. The predicted octanol–water partition coefficient (Wildman–Crippen LogP) is 2.93. The number of H-pyrrole nitrogens is 1. The van der Waals surface area contributed by atoms with Crippen molar-refractivity contribution in [1.29, 1.82) is 0 Å². The van der Waals surface area contributed by atoms with E-state index in [9.17, 15) is 0 Å². The van der Waals surface area contributed by atoms with Crippen LogP contribution in [-0.4, -0.2) is 6.10 Å². The van der Waals surface area contributed by atoms with Gasteiger partial charge in [-0.25, -0.2) is 4.98 Å². The van der Waals surface area contributed by atoms with Crippen LogP contribution in [0.25, 0.3) is 0 Å². The van der Waals surface area contributed by atoms with Crippen LogP contribution in [0.1, 0.15) is 34.9 Å². The summed E-state index contributed by atoms with van der Waals surface area (Å²) < 4.78 is 13.3. The van der Waals surface area contributed by atoms with Crippen molar-refractivity contribution in [1.82, 2.24) is 0 Å². The van der Waals surface area contributed by atoms with E-state index in [1.54, 1.807) is 0 Å². The van der Waals surface area contributed by atoms with Crippen molar-refractivity contribution >= 4 is 15.9 Å². The summed E-state index contributed by atoms with van der Waals surface area (Å²) >= 11 is 3.57. The molecule has 4 heteroatoms. The molecule has 3 aliphatic heterocycles. The van der Waals surface area contributed by atoms with Crippen molar-refractivity contribution in [2.24, 2.45) is 0 Å². The SMILES string of the molecule is Brc1cc[nH+]c2c1O[C@@H]1[C@H]2[C@@H]2O[C@H]1c1ccccc12. The zero-order valence-electron chi connectivity index (χ0n) is 9.97. The summed E-state index contributed by atoms with van der Waals surface area (Å²) in [5, 5.41) is 0. The molecule has 2 bridgehead atoms. The van der Waals surface area contributed by atoms with Crippen molar-refractivity contribution in [3.8, 4) is 5.75 Å². The van der Waals surface area contributed by atoms with E-state index in [2.05, 4.69) is 45.2 Å². The molecule has 1 fully saturated rings. The third-order valence-corrected chi connectivity index (χ3v) is 5.02. The fourth-order valence-electron chi connectivity index (χ4n) is 3.66. The second kappa shape index (κ2) is 3.38. The molecule has 0 radical (unpaired) electrons. The number of benzene rings is 1. The van der Waals surface area contributed by atoms with Crippen LogP contribution in [0.3, 0.4) is 0 Å². The monoisotopic (exact) mass is 316 g/mol. The molecule has 0 unspecified atom stereocenters. The zero-order chi connectivity index (χ0) is 12.6. The molecule has 4 atom stereocenters. The molecule has 19 heavy (non-hydrogen) atoms. The maximum absolute atomic E-state index is 6.15. The second-order valence-electron chi connectivity index (χ2n) is 5.28. The largest absolute Gasteiger partial charge is 0.479 e. The van der Waals surface area contributed by atoms with Crippen LogP contribution in [0.5, 0.6) is 5.75 Å². The van der Waals surface area contributed by atoms with E-state index in [4.69, 9.17) is 9.47 Å². The van der Waals surface area contributed by atoms with Gasteiger partial charge in [-0.1, -0.05) is 24.3 Å². The van der Waals surface area contributed by atoms with Crippen LogP contribution in [0, 0.1) is 0 Å². The second-order valence-corrected chi connectivity index (χ2v) is 6.14. The van der Waals surface area contributed by atoms with Crippen LogP contribution >= 0.6 is 15.9 Å². The quantitative estimate of drug-likeness (QED) is 0.748. The Morgan fingerprint density at radius 3 is 2.68 bits per heavy atom. The Morgan fingerprint density at radius 1 is 1.05 bits per heavy atom. The molecule has 1 aromatic carbocycles. The molecule has 1 aromatic heterocycles. The molecule has 0 aliphatic carbocycles. The number of hydrogen-bond donors (Lipinski definition) is 0. The van der Waals surface area contributed by atoms with Crippen LogP contribution in [0.4, 0.5) is 0 Å². The average molecular weight is 317 g/mol. The number of aromatic amines is 1. The fraction of sp³-hybridized carbons (Fsp3) is 0.267. The molecule has 3 nitrogen and oxygen atoms in total. The minimum absolute atomic E-state index is 0.0684. The zero-order valence-corrected chi connectivity index (χ0v) is 11.6. The molecule has 0 saturated carbocycles. The Labute approximate surface area is 118 Å². The van der Waals surface area contributed by atoms with Crippen molar-refractivity contribution in [3.05, 3.63) is 57.8 Å². The van der Waals surface area contributed by atoms with Gasteiger partial charge in [0.1, 0.15) is 24.2 Å². The maximum atomic E-state index is 6.15. The summed E-state index contributed by atoms with van der Waals surface area (Å²) in [6.07, 6.45) is 2.24. The molecule has 0 spiro atoms. The summed E-state index contributed by atoms with van der Waals surface area (Å²) in [5.74, 6) is 1.23. The summed E-state index contributed by atoms with van der Waals surface area (Å²) in [6, 6.07) is 10.5. The van der Waals surface area contributed by atoms with E-state index in [0.29, 0.717) is 0 Å². The highest BCUT2D eigenvalue weighted by Crippen LogP contribution is 2.62. The third-order valence-electron chi connectivity index (χ3n) is 4.40. The van der Waals surface area contributed by atoms with Gasteiger partial charge >= 0.3 is 0 Å². The number of nitrogens with one attached hydrogen (secondary N) is 1. The van der Waals surface area contributed by atoms with Gasteiger partial charge in [0.15, 0.2) is 6.20 Å². The number of pyridine rings is 1. The number of halogens is 1. The lowest BCUT2D eigenvalue weighted by Gasteiger charge is -2.20. The number of ether oxygens (including phenoxy) is 2. The first-order valence-corrected chi connectivity index (χ1v) is 7.25. The standard InChI is InChI=1S/C15H10BrNO2/c16-9-5-6-17-11-10-12-7-3-1-2-4-8(7)13(18-12)15(10)19-14(9)11/h1-6,10,12-13,15H/p+1/t10-,12-,13+,15-/m1/s1. The smallest absolute Gasteiger partial charge is 0.233 e. The summed E-state index contributed by atoms with van der Waals surface area (Å²) in [7, 11) is 0. The fourth-order valence-corrected chi connectivity index (χ4v) is 4.09. The van der Waals surface area contributed by atoms with Crippen molar-refractivity contribution < 1.29 is 14.5 Å². The lowest BCUT2D eigenvalue weighted by molar-refractivity contribution is -0.392. The van der Waals surface area contributed by atoms with Gasteiger partial charge in [-0.3, -0.25) is 0 Å². The topological polar surface area (TPSA) is 32.6 Å². The lowest BCUT2D eigenvalue weighted by atomic mass is 9.81.